The number of aliphatic hydroxyl groups excluding tert-OH is 1. The fraction of sp³-hybridized carbons (Fsp3) is 0.643. The molecule has 1 N–H and O–H groups in total. The Morgan fingerprint density at radius 3 is 2.89 bits per heavy atom. The molecule has 1 heterocycles. The molecule has 18 heavy (non-hydrogen) atoms. The predicted octanol–water partition coefficient (Wildman–Crippen LogP) is 1.73. The molecule has 1 aliphatic rings. The van der Waals surface area contributed by atoms with Gasteiger partial charge in [-0.2, -0.15) is 0 Å². The maximum absolute atomic E-state index is 12.1. The molecule has 0 radical (unpaired) electrons. The molecule has 100 valence electrons. The lowest BCUT2D eigenvalue weighted by atomic mass is 9.95. The number of aromatic nitrogens is 1. The minimum atomic E-state index is -0.349. The first-order valence-corrected chi connectivity index (χ1v) is 6.81. The summed E-state index contributed by atoms with van der Waals surface area (Å²) in [6, 6.07) is 1.95. The van der Waals surface area contributed by atoms with Gasteiger partial charge in [-0.05, 0) is 39.2 Å². The number of hydrogen-bond donors (Lipinski definition) is 1. The van der Waals surface area contributed by atoms with Gasteiger partial charge in [-0.1, -0.05) is 0 Å². The van der Waals surface area contributed by atoms with E-state index < -0.39 is 0 Å². The number of likely N-dealkylation sites (N-methyl/N-ethyl adjacent to an activating group) is 1. The van der Waals surface area contributed by atoms with Crippen molar-refractivity contribution in [1.82, 2.24) is 9.47 Å². The van der Waals surface area contributed by atoms with Crippen molar-refractivity contribution in [2.75, 3.05) is 13.1 Å². The summed E-state index contributed by atoms with van der Waals surface area (Å²) in [7, 11) is 0. The van der Waals surface area contributed by atoms with Crippen molar-refractivity contribution >= 4 is 5.91 Å². The van der Waals surface area contributed by atoms with Crippen LogP contribution in [-0.4, -0.2) is 33.6 Å². The van der Waals surface area contributed by atoms with Crippen LogP contribution in [0.1, 0.15) is 44.1 Å². The van der Waals surface area contributed by atoms with Gasteiger partial charge in [-0.25, -0.2) is 0 Å². The molecule has 1 amide bonds. The quantitative estimate of drug-likeness (QED) is 0.884. The van der Waals surface area contributed by atoms with Crippen LogP contribution in [0.4, 0.5) is 0 Å². The van der Waals surface area contributed by atoms with Crippen molar-refractivity contribution in [3.63, 3.8) is 0 Å². The fourth-order valence-corrected chi connectivity index (χ4v) is 2.70. The highest BCUT2D eigenvalue weighted by Crippen LogP contribution is 2.30. The van der Waals surface area contributed by atoms with Gasteiger partial charge in [0, 0.05) is 30.5 Å². The van der Waals surface area contributed by atoms with Crippen LogP contribution in [0.2, 0.25) is 0 Å². The first-order chi connectivity index (χ1) is 8.67. The van der Waals surface area contributed by atoms with Gasteiger partial charge in [0.05, 0.1) is 6.10 Å². The molecule has 1 aliphatic carbocycles. The minimum absolute atomic E-state index is 0.151. The summed E-state index contributed by atoms with van der Waals surface area (Å²) < 4.78 is 2.00. The lowest BCUT2D eigenvalue weighted by molar-refractivity contribution is -0.131. The van der Waals surface area contributed by atoms with Gasteiger partial charge in [0.15, 0.2) is 0 Å². The van der Waals surface area contributed by atoms with E-state index in [1.54, 1.807) is 0 Å². The van der Waals surface area contributed by atoms with E-state index in [0.29, 0.717) is 6.54 Å². The van der Waals surface area contributed by atoms with Gasteiger partial charge >= 0.3 is 0 Å². The summed E-state index contributed by atoms with van der Waals surface area (Å²) in [6.07, 6.45) is 4.38. The number of aliphatic hydroxyl groups is 1. The molecule has 1 aromatic rings. The van der Waals surface area contributed by atoms with Crippen molar-refractivity contribution < 1.29 is 9.90 Å². The Hall–Kier alpha value is -1.29. The average molecular weight is 250 g/mol. The Morgan fingerprint density at radius 2 is 2.22 bits per heavy atom. The summed E-state index contributed by atoms with van der Waals surface area (Å²) in [6.45, 7) is 5.89. The maximum Gasteiger partial charge on any atom is 0.242 e. The minimum Gasteiger partial charge on any atom is -0.388 e. The molecular weight excluding hydrogens is 228 g/mol. The third-order valence-corrected chi connectivity index (χ3v) is 3.79. The first-order valence-electron chi connectivity index (χ1n) is 6.81. The molecule has 0 aromatic carbocycles. The second-order valence-corrected chi connectivity index (χ2v) is 4.82. The topological polar surface area (TPSA) is 45.5 Å². The molecule has 2 rings (SSSR count). The van der Waals surface area contributed by atoms with Crippen molar-refractivity contribution in [3.05, 3.63) is 23.5 Å². The number of carbonyl (C=O) groups is 1. The molecule has 0 spiro atoms. The first kappa shape index (κ1) is 13.1. The molecule has 0 aliphatic heterocycles. The molecule has 0 fully saturated rings. The van der Waals surface area contributed by atoms with Crippen molar-refractivity contribution in [3.8, 4) is 0 Å². The zero-order valence-corrected chi connectivity index (χ0v) is 11.2. The van der Waals surface area contributed by atoms with Crippen molar-refractivity contribution in [2.24, 2.45) is 0 Å². The molecule has 1 unspecified atom stereocenters. The molecule has 4 heteroatoms. The van der Waals surface area contributed by atoms with E-state index in [4.69, 9.17) is 0 Å². The van der Waals surface area contributed by atoms with E-state index in [0.717, 1.165) is 43.6 Å². The highest BCUT2D eigenvalue weighted by atomic mass is 16.3. The van der Waals surface area contributed by atoms with E-state index in [1.807, 2.05) is 35.6 Å². The van der Waals surface area contributed by atoms with Gasteiger partial charge in [0.2, 0.25) is 5.91 Å². The monoisotopic (exact) mass is 250 g/mol. The van der Waals surface area contributed by atoms with E-state index in [1.165, 1.54) is 0 Å². The molecule has 0 saturated carbocycles. The summed E-state index contributed by atoms with van der Waals surface area (Å²) in [5, 5.41) is 9.90. The van der Waals surface area contributed by atoms with E-state index in [-0.39, 0.29) is 12.0 Å². The molecule has 0 bridgehead atoms. The van der Waals surface area contributed by atoms with Crippen LogP contribution < -0.4 is 0 Å². The zero-order valence-electron chi connectivity index (χ0n) is 11.2. The second kappa shape index (κ2) is 5.57. The second-order valence-electron chi connectivity index (χ2n) is 4.82. The number of fused-ring (bicyclic) bond motifs is 1. The SMILES string of the molecule is CCN(CC)C(=O)Cn1ccc2c1CCCC2O. The molecule has 1 atom stereocenters. The van der Waals surface area contributed by atoms with Crippen LogP contribution >= 0.6 is 0 Å². The van der Waals surface area contributed by atoms with Crippen LogP contribution in [0.3, 0.4) is 0 Å². The number of rotatable bonds is 4. The van der Waals surface area contributed by atoms with Crippen molar-refractivity contribution in [1.29, 1.82) is 0 Å². The highest BCUT2D eigenvalue weighted by Gasteiger charge is 2.22. The van der Waals surface area contributed by atoms with E-state index >= 15 is 0 Å². The number of carbonyl (C=O) groups excluding carboxylic acids is 1. The Bertz CT molecular complexity index is 421. The van der Waals surface area contributed by atoms with Gasteiger partial charge in [-0.3, -0.25) is 4.79 Å². The third kappa shape index (κ3) is 2.43. The van der Waals surface area contributed by atoms with E-state index in [2.05, 4.69) is 0 Å². The van der Waals surface area contributed by atoms with Gasteiger partial charge < -0.3 is 14.6 Å². The number of hydrogen-bond acceptors (Lipinski definition) is 2. The number of nitrogens with zero attached hydrogens (tertiary/aromatic N) is 2. The van der Waals surface area contributed by atoms with Gasteiger partial charge in [0.25, 0.3) is 0 Å². The smallest absolute Gasteiger partial charge is 0.242 e. The van der Waals surface area contributed by atoms with Crippen LogP contribution in [0, 0.1) is 0 Å². The average Bonchev–Trinajstić information content (AvgIpc) is 2.76. The van der Waals surface area contributed by atoms with Crippen molar-refractivity contribution in [2.45, 2.75) is 45.8 Å². The molecule has 4 nitrogen and oxygen atoms in total. The van der Waals surface area contributed by atoms with Crippen LogP contribution in [0.25, 0.3) is 0 Å². The lowest BCUT2D eigenvalue weighted by Crippen LogP contribution is -2.33. The van der Waals surface area contributed by atoms with Crippen LogP contribution in [0.15, 0.2) is 12.3 Å². The normalized spacial score (nSPS) is 18.5. The summed E-state index contributed by atoms with van der Waals surface area (Å²) in [5.74, 6) is 0.151. The molecule has 0 saturated heterocycles. The molecule has 1 aromatic heterocycles. The van der Waals surface area contributed by atoms with Gasteiger partial charge in [0.1, 0.15) is 6.54 Å². The lowest BCUT2D eigenvalue weighted by Gasteiger charge is -2.22. The molecular formula is C14H22N2O2. The Balaban J connectivity index is 2.13. The highest BCUT2D eigenvalue weighted by molar-refractivity contribution is 5.76. The van der Waals surface area contributed by atoms with Crippen LogP contribution in [-0.2, 0) is 17.8 Å². The summed E-state index contributed by atoms with van der Waals surface area (Å²) in [4.78, 5) is 13.9. The standard InChI is InChI=1S/C14H22N2O2/c1-3-15(4-2)14(18)10-16-9-8-11-12(16)6-5-7-13(11)17/h8-9,13,17H,3-7,10H2,1-2H3. The zero-order chi connectivity index (χ0) is 13.1. The van der Waals surface area contributed by atoms with Gasteiger partial charge in [-0.15, -0.1) is 0 Å². The summed E-state index contributed by atoms with van der Waals surface area (Å²) >= 11 is 0. The summed E-state index contributed by atoms with van der Waals surface area (Å²) in [5.41, 5.74) is 2.14. The number of amides is 1. The fourth-order valence-electron chi connectivity index (χ4n) is 2.70. The maximum atomic E-state index is 12.1. The Labute approximate surface area is 108 Å². The Kier molecular flexibility index (Phi) is 4.07. The Morgan fingerprint density at radius 1 is 1.50 bits per heavy atom. The predicted molar refractivity (Wildman–Crippen MR) is 70.3 cm³/mol. The third-order valence-electron chi connectivity index (χ3n) is 3.79. The van der Waals surface area contributed by atoms with E-state index in [9.17, 15) is 9.90 Å². The largest absolute Gasteiger partial charge is 0.388 e. The van der Waals surface area contributed by atoms with Crippen LogP contribution in [0.5, 0.6) is 0 Å².